The highest BCUT2D eigenvalue weighted by molar-refractivity contribution is 5.95. The van der Waals surface area contributed by atoms with E-state index in [9.17, 15) is 14.4 Å². The van der Waals surface area contributed by atoms with E-state index in [0.717, 1.165) is 0 Å². The standard InChI is InChI=1S/C35H38N4O6/c1-4-18-39-30(24-37-19-21-38(22-20-37)33(40)25-14-16-27(43-3)17-15-25)31(34(41)44-5-2)32(36-35(39)42)26-10-9-13-29(23-26)45-28-11-7-6-8-12-28/h4,6-17,23,32H,1,5,18-22,24H2,2-3H3,(H,36,42). The number of esters is 1. The molecule has 234 valence electrons. The molecule has 1 atom stereocenters. The molecule has 1 fully saturated rings. The molecule has 2 aliphatic heterocycles. The number of hydrogen-bond acceptors (Lipinski definition) is 7. The van der Waals surface area contributed by atoms with Gasteiger partial charge in [-0.3, -0.25) is 14.6 Å². The van der Waals surface area contributed by atoms with Gasteiger partial charge in [0, 0.05) is 50.5 Å². The van der Waals surface area contributed by atoms with Gasteiger partial charge in [-0.1, -0.05) is 36.4 Å². The second-order valence-electron chi connectivity index (χ2n) is 10.6. The maximum atomic E-state index is 13.6. The molecule has 1 unspecified atom stereocenters. The van der Waals surface area contributed by atoms with Gasteiger partial charge in [0.2, 0.25) is 0 Å². The quantitative estimate of drug-likeness (QED) is 0.241. The lowest BCUT2D eigenvalue weighted by atomic mass is 9.93. The summed E-state index contributed by atoms with van der Waals surface area (Å²) in [5, 5.41) is 3.01. The van der Waals surface area contributed by atoms with Gasteiger partial charge in [-0.05, 0) is 61.0 Å². The number of para-hydroxylation sites is 1. The number of nitrogens with one attached hydrogen (secondary N) is 1. The molecule has 0 saturated carbocycles. The van der Waals surface area contributed by atoms with Crippen molar-refractivity contribution in [3.63, 3.8) is 0 Å². The number of amides is 3. The molecule has 0 aliphatic carbocycles. The number of rotatable bonds is 11. The van der Waals surface area contributed by atoms with E-state index in [4.69, 9.17) is 14.2 Å². The van der Waals surface area contributed by atoms with Gasteiger partial charge in [0.1, 0.15) is 17.2 Å². The molecule has 3 aromatic rings. The summed E-state index contributed by atoms with van der Waals surface area (Å²) in [6.07, 6.45) is 1.63. The van der Waals surface area contributed by atoms with Crippen LogP contribution in [0.25, 0.3) is 0 Å². The monoisotopic (exact) mass is 610 g/mol. The van der Waals surface area contributed by atoms with Crippen molar-refractivity contribution in [2.24, 2.45) is 0 Å². The summed E-state index contributed by atoms with van der Waals surface area (Å²) in [4.78, 5) is 45.8. The third-order valence-electron chi connectivity index (χ3n) is 7.79. The first kappa shape index (κ1) is 31.3. The number of carbonyl (C=O) groups excluding carboxylic acids is 3. The molecule has 2 aliphatic rings. The van der Waals surface area contributed by atoms with E-state index in [1.165, 1.54) is 4.90 Å². The topological polar surface area (TPSA) is 101 Å². The maximum absolute atomic E-state index is 13.6. The SMILES string of the molecule is C=CCN1C(=O)NC(c2cccc(Oc3ccccc3)c2)C(C(=O)OCC)=C1CN1CCN(C(=O)c2ccc(OC)cc2)CC1. The first-order chi connectivity index (χ1) is 21.9. The molecule has 10 nitrogen and oxygen atoms in total. The lowest BCUT2D eigenvalue weighted by Crippen LogP contribution is -2.53. The Bertz CT molecular complexity index is 1550. The third-order valence-corrected chi connectivity index (χ3v) is 7.79. The van der Waals surface area contributed by atoms with E-state index in [1.54, 1.807) is 44.4 Å². The van der Waals surface area contributed by atoms with Crippen LogP contribution in [0.1, 0.15) is 28.9 Å². The van der Waals surface area contributed by atoms with Crippen LogP contribution in [0.3, 0.4) is 0 Å². The molecule has 3 amide bonds. The summed E-state index contributed by atoms with van der Waals surface area (Å²) < 4.78 is 16.8. The van der Waals surface area contributed by atoms with Gasteiger partial charge >= 0.3 is 12.0 Å². The number of hydrogen-bond donors (Lipinski definition) is 1. The zero-order valence-electron chi connectivity index (χ0n) is 25.6. The molecule has 0 aromatic heterocycles. The number of nitrogens with zero attached hydrogens (tertiary/aromatic N) is 3. The van der Waals surface area contributed by atoms with Gasteiger partial charge in [0.05, 0.1) is 25.3 Å². The molecule has 1 N–H and O–H groups in total. The van der Waals surface area contributed by atoms with E-state index in [-0.39, 0.29) is 25.1 Å². The van der Waals surface area contributed by atoms with E-state index < -0.39 is 12.0 Å². The minimum Gasteiger partial charge on any atom is -0.497 e. The van der Waals surface area contributed by atoms with Gasteiger partial charge < -0.3 is 24.4 Å². The highest BCUT2D eigenvalue weighted by Crippen LogP contribution is 2.34. The Hall–Kier alpha value is -5.09. The van der Waals surface area contributed by atoms with Gasteiger partial charge in [0.15, 0.2) is 0 Å². The molecule has 0 radical (unpaired) electrons. The summed E-state index contributed by atoms with van der Waals surface area (Å²) in [5.74, 6) is 1.38. The molecular formula is C35H38N4O6. The lowest BCUT2D eigenvalue weighted by molar-refractivity contribution is -0.139. The zero-order valence-corrected chi connectivity index (χ0v) is 25.6. The predicted octanol–water partition coefficient (Wildman–Crippen LogP) is 5.02. The summed E-state index contributed by atoms with van der Waals surface area (Å²) in [7, 11) is 1.59. The van der Waals surface area contributed by atoms with Crippen LogP contribution in [0.2, 0.25) is 0 Å². The summed E-state index contributed by atoms with van der Waals surface area (Å²) in [5.41, 5.74) is 2.18. The molecule has 0 spiro atoms. The van der Waals surface area contributed by atoms with Crippen LogP contribution in [0.15, 0.2) is 103 Å². The number of urea groups is 1. The van der Waals surface area contributed by atoms with Crippen molar-refractivity contribution in [3.05, 3.63) is 114 Å². The number of ether oxygens (including phenoxy) is 3. The van der Waals surface area contributed by atoms with Crippen LogP contribution >= 0.6 is 0 Å². The van der Waals surface area contributed by atoms with Crippen molar-refractivity contribution in [2.45, 2.75) is 13.0 Å². The third kappa shape index (κ3) is 7.35. The van der Waals surface area contributed by atoms with Crippen molar-refractivity contribution in [3.8, 4) is 17.2 Å². The fourth-order valence-corrected chi connectivity index (χ4v) is 5.51. The molecule has 1 saturated heterocycles. The van der Waals surface area contributed by atoms with Gasteiger partial charge in [0.25, 0.3) is 5.91 Å². The number of carbonyl (C=O) groups is 3. The zero-order chi connectivity index (χ0) is 31.8. The molecule has 5 rings (SSSR count). The van der Waals surface area contributed by atoms with Crippen LogP contribution in [0.4, 0.5) is 4.79 Å². The lowest BCUT2D eigenvalue weighted by Gasteiger charge is -2.40. The number of piperazine rings is 1. The second kappa shape index (κ2) is 14.6. The van der Waals surface area contributed by atoms with E-state index >= 15 is 0 Å². The summed E-state index contributed by atoms with van der Waals surface area (Å²) >= 11 is 0. The largest absolute Gasteiger partial charge is 0.497 e. The van der Waals surface area contributed by atoms with Crippen LogP contribution < -0.4 is 14.8 Å². The Morgan fingerprint density at radius 3 is 2.31 bits per heavy atom. The molecule has 3 aromatic carbocycles. The number of methoxy groups -OCH3 is 1. The average molecular weight is 611 g/mol. The van der Waals surface area contributed by atoms with E-state index in [2.05, 4.69) is 16.8 Å². The van der Waals surface area contributed by atoms with Crippen molar-refractivity contribution in [1.29, 1.82) is 0 Å². The van der Waals surface area contributed by atoms with Gasteiger partial charge in [-0.15, -0.1) is 6.58 Å². The van der Waals surface area contributed by atoms with Crippen LogP contribution in [0, 0.1) is 0 Å². The average Bonchev–Trinajstić information content (AvgIpc) is 3.07. The molecule has 10 heteroatoms. The van der Waals surface area contributed by atoms with E-state index in [0.29, 0.717) is 72.4 Å². The fourth-order valence-electron chi connectivity index (χ4n) is 5.51. The number of benzene rings is 3. The van der Waals surface area contributed by atoms with Gasteiger partial charge in [-0.25, -0.2) is 9.59 Å². The van der Waals surface area contributed by atoms with Crippen LogP contribution in [-0.2, 0) is 9.53 Å². The van der Waals surface area contributed by atoms with Crippen LogP contribution in [0.5, 0.6) is 17.2 Å². The fraction of sp³-hybridized carbons (Fsp3) is 0.286. The molecule has 45 heavy (non-hydrogen) atoms. The Labute approximate surface area is 263 Å². The highest BCUT2D eigenvalue weighted by Gasteiger charge is 2.39. The van der Waals surface area contributed by atoms with Crippen molar-refractivity contribution in [1.82, 2.24) is 20.0 Å². The first-order valence-corrected chi connectivity index (χ1v) is 15.0. The second-order valence-corrected chi connectivity index (χ2v) is 10.6. The maximum Gasteiger partial charge on any atom is 0.338 e. The molecular weight excluding hydrogens is 572 g/mol. The van der Waals surface area contributed by atoms with Crippen molar-refractivity contribution >= 4 is 17.9 Å². The minimum atomic E-state index is -0.759. The Kier molecular flexibility index (Phi) is 10.2. The normalized spacial score (nSPS) is 17.0. The van der Waals surface area contributed by atoms with Crippen LogP contribution in [-0.4, -0.2) is 85.6 Å². The Morgan fingerprint density at radius 2 is 1.64 bits per heavy atom. The van der Waals surface area contributed by atoms with Crippen molar-refractivity contribution < 1.29 is 28.6 Å². The smallest absolute Gasteiger partial charge is 0.338 e. The predicted molar refractivity (Wildman–Crippen MR) is 170 cm³/mol. The van der Waals surface area contributed by atoms with E-state index in [1.807, 2.05) is 59.5 Å². The molecule has 2 heterocycles. The summed E-state index contributed by atoms with van der Waals surface area (Å²) in [6.45, 7) is 8.43. The molecule has 0 bridgehead atoms. The Balaban J connectivity index is 1.41. The van der Waals surface area contributed by atoms with Gasteiger partial charge in [-0.2, -0.15) is 0 Å². The first-order valence-electron chi connectivity index (χ1n) is 15.0. The minimum absolute atomic E-state index is 0.0493. The highest BCUT2D eigenvalue weighted by atomic mass is 16.5. The summed E-state index contributed by atoms with van der Waals surface area (Å²) in [6, 6.07) is 22.7. The van der Waals surface area contributed by atoms with Crippen molar-refractivity contribution in [2.75, 3.05) is 53.0 Å². The Morgan fingerprint density at radius 1 is 0.933 bits per heavy atom.